The van der Waals surface area contributed by atoms with Crippen molar-refractivity contribution in [3.8, 4) is 0 Å². The van der Waals surface area contributed by atoms with Crippen molar-refractivity contribution in [1.29, 1.82) is 0 Å². The predicted octanol–water partition coefficient (Wildman–Crippen LogP) is 3.79. The first-order valence-corrected chi connectivity index (χ1v) is 6.78. The summed E-state index contributed by atoms with van der Waals surface area (Å²) in [6.07, 6.45) is 0.693. The molecule has 2 rings (SSSR count). The maximum Gasteiger partial charge on any atom is 0.255 e. The van der Waals surface area contributed by atoms with Crippen molar-refractivity contribution in [3.63, 3.8) is 0 Å². The number of rotatable bonds is 3. The Morgan fingerprint density at radius 2 is 1.95 bits per heavy atom. The minimum absolute atomic E-state index is 0.305. The summed E-state index contributed by atoms with van der Waals surface area (Å²) in [4.78, 5) is 16.3. The number of carbonyl (C=O) groups is 1. The summed E-state index contributed by atoms with van der Waals surface area (Å²) in [7, 11) is 0. The number of amides is 1. The molecule has 104 valence electrons. The van der Waals surface area contributed by atoms with Gasteiger partial charge in [0.2, 0.25) is 0 Å². The van der Waals surface area contributed by atoms with Crippen LogP contribution in [0.3, 0.4) is 0 Å². The number of hydrogen-bond acceptors (Lipinski definition) is 3. The van der Waals surface area contributed by atoms with Gasteiger partial charge in [0.25, 0.3) is 5.91 Å². The number of anilines is 2. The fraction of sp³-hybridized carbons (Fsp3) is 0.143. The van der Waals surface area contributed by atoms with Gasteiger partial charge in [-0.25, -0.2) is 4.98 Å². The highest BCUT2D eigenvalue weighted by Crippen LogP contribution is 2.30. The predicted molar refractivity (Wildman–Crippen MR) is 82.4 cm³/mol. The van der Waals surface area contributed by atoms with Crippen molar-refractivity contribution in [2.24, 2.45) is 0 Å². The molecule has 0 aliphatic heterocycles. The summed E-state index contributed by atoms with van der Waals surface area (Å²) in [5, 5.41) is 3.44. The van der Waals surface area contributed by atoms with E-state index in [4.69, 9.17) is 28.9 Å². The third kappa shape index (κ3) is 3.21. The average molecular weight is 310 g/mol. The van der Waals surface area contributed by atoms with Crippen LogP contribution in [0.15, 0.2) is 30.3 Å². The first-order chi connectivity index (χ1) is 9.51. The van der Waals surface area contributed by atoms with Gasteiger partial charge < -0.3 is 11.1 Å². The van der Waals surface area contributed by atoms with Crippen molar-refractivity contribution < 1.29 is 4.79 Å². The second kappa shape index (κ2) is 6.11. The molecule has 0 aliphatic rings. The molecule has 0 atom stereocenters. The fourth-order valence-corrected chi connectivity index (χ4v) is 2.22. The van der Waals surface area contributed by atoms with Gasteiger partial charge in [-0.2, -0.15) is 0 Å². The second-order valence-corrected chi connectivity index (χ2v) is 4.99. The van der Waals surface area contributed by atoms with Crippen LogP contribution in [0.1, 0.15) is 23.0 Å². The van der Waals surface area contributed by atoms with Crippen LogP contribution in [0.25, 0.3) is 0 Å². The molecular weight excluding hydrogens is 297 g/mol. The molecule has 0 radical (unpaired) electrons. The number of halogens is 2. The molecule has 3 N–H and O–H groups in total. The van der Waals surface area contributed by atoms with E-state index in [-0.39, 0.29) is 5.91 Å². The molecule has 1 amide bonds. The van der Waals surface area contributed by atoms with Crippen LogP contribution in [-0.2, 0) is 6.42 Å². The second-order valence-electron chi connectivity index (χ2n) is 4.18. The Morgan fingerprint density at radius 3 is 2.55 bits per heavy atom. The third-order valence-corrected chi connectivity index (χ3v) is 3.35. The van der Waals surface area contributed by atoms with Gasteiger partial charge in [0.15, 0.2) is 0 Å². The highest BCUT2D eigenvalue weighted by molar-refractivity contribution is 6.40. The molecule has 0 aliphatic carbocycles. The fourth-order valence-electron chi connectivity index (χ4n) is 1.73. The maximum atomic E-state index is 12.2. The normalized spacial score (nSPS) is 10.3. The van der Waals surface area contributed by atoms with Gasteiger partial charge in [0.1, 0.15) is 5.82 Å². The van der Waals surface area contributed by atoms with E-state index in [1.165, 1.54) is 6.07 Å². The van der Waals surface area contributed by atoms with Gasteiger partial charge in [0.05, 0.1) is 15.7 Å². The molecule has 1 aromatic carbocycles. The van der Waals surface area contributed by atoms with Crippen LogP contribution in [0, 0.1) is 0 Å². The minimum Gasteiger partial charge on any atom is -0.384 e. The van der Waals surface area contributed by atoms with Crippen LogP contribution >= 0.6 is 23.2 Å². The largest absolute Gasteiger partial charge is 0.384 e. The number of pyridine rings is 1. The van der Waals surface area contributed by atoms with E-state index in [0.717, 1.165) is 5.69 Å². The number of para-hydroxylation sites is 1. The smallest absolute Gasteiger partial charge is 0.255 e. The lowest BCUT2D eigenvalue weighted by molar-refractivity contribution is 0.102. The minimum atomic E-state index is -0.330. The van der Waals surface area contributed by atoms with Gasteiger partial charge in [-0.15, -0.1) is 0 Å². The summed E-state index contributed by atoms with van der Waals surface area (Å²) in [5.41, 5.74) is 7.24. The number of nitrogens with one attached hydrogen (secondary N) is 1. The standard InChI is InChI=1S/C14H13Cl2N3O/c1-2-9-6-8(7-12(17)18-9)14(20)19-13-10(15)4-3-5-11(13)16/h3-7H,2H2,1H3,(H2,17,18)(H,19,20). The lowest BCUT2D eigenvalue weighted by Crippen LogP contribution is -2.14. The third-order valence-electron chi connectivity index (χ3n) is 2.72. The Hall–Kier alpha value is -1.78. The van der Waals surface area contributed by atoms with Gasteiger partial charge >= 0.3 is 0 Å². The SMILES string of the molecule is CCc1cc(C(=O)Nc2c(Cl)cccc2Cl)cc(N)n1. The zero-order chi connectivity index (χ0) is 14.7. The van der Waals surface area contributed by atoms with Gasteiger partial charge in [-0.05, 0) is 30.7 Å². The van der Waals surface area contributed by atoms with Crippen LogP contribution < -0.4 is 11.1 Å². The molecule has 0 saturated heterocycles. The molecule has 6 heteroatoms. The number of nitrogen functional groups attached to an aromatic ring is 1. The van der Waals surface area contributed by atoms with E-state index in [1.807, 2.05) is 6.92 Å². The number of nitrogens with two attached hydrogens (primary N) is 1. The lowest BCUT2D eigenvalue weighted by atomic mass is 10.1. The molecule has 20 heavy (non-hydrogen) atoms. The Labute approximate surface area is 126 Å². The Bertz CT molecular complexity index is 639. The van der Waals surface area contributed by atoms with Gasteiger partial charge in [0, 0.05) is 11.3 Å². The van der Waals surface area contributed by atoms with Gasteiger partial charge in [-0.1, -0.05) is 36.2 Å². The highest BCUT2D eigenvalue weighted by Gasteiger charge is 2.13. The zero-order valence-electron chi connectivity index (χ0n) is 10.8. The highest BCUT2D eigenvalue weighted by atomic mass is 35.5. The number of aryl methyl sites for hydroxylation is 1. The van der Waals surface area contributed by atoms with Crippen LogP contribution in [0.5, 0.6) is 0 Å². The molecule has 1 heterocycles. The Kier molecular flexibility index (Phi) is 4.47. The summed E-state index contributed by atoms with van der Waals surface area (Å²) < 4.78 is 0. The molecule has 2 aromatic rings. The van der Waals surface area contributed by atoms with E-state index in [1.54, 1.807) is 24.3 Å². The number of carbonyl (C=O) groups excluding carboxylic acids is 1. The lowest BCUT2D eigenvalue weighted by Gasteiger charge is -2.10. The molecule has 4 nitrogen and oxygen atoms in total. The van der Waals surface area contributed by atoms with Crippen molar-refractivity contribution >= 4 is 40.6 Å². The monoisotopic (exact) mass is 309 g/mol. The number of benzene rings is 1. The first kappa shape index (κ1) is 14.6. The van der Waals surface area contributed by atoms with Crippen molar-refractivity contribution in [2.75, 3.05) is 11.1 Å². The summed E-state index contributed by atoms with van der Waals surface area (Å²) in [6, 6.07) is 8.22. The number of nitrogens with zero attached hydrogens (tertiary/aromatic N) is 1. The number of hydrogen-bond donors (Lipinski definition) is 2. The zero-order valence-corrected chi connectivity index (χ0v) is 12.3. The Morgan fingerprint density at radius 1 is 1.30 bits per heavy atom. The van der Waals surface area contributed by atoms with E-state index >= 15 is 0 Å². The van der Waals surface area contributed by atoms with Crippen molar-refractivity contribution in [3.05, 3.63) is 51.6 Å². The van der Waals surface area contributed by atoms with Crippen LogP contribution in [0.4, 0.5) is 11.5 Å². The van der Waals surface area contributed by atoms with E-state index in [2.05, 4.69) is 10.3 Å². The van der Waals surface area contributed by atoms with E-state index in [0.29, 0.717) is 33.5 Å². The summed E-state index contributed by atoms with van der Waals surface area (Å²) in [5.74, 6) is -0.0245. The topological polar surface area (TPSA) is 68.0 Å². The van der Waals surface area contributed by atoms with Crippen LogP contribution in [0.2, 0.25) is 10.0 Å². The number of aromatic nitrogens is 1. The molecule has 0 unspecified atom stereocenters. The average Bonchev–Trinajstić information content (AvgIpc) is 2.42. The van der Waals surface area contributed by atoms with E-state index < -0.39 is 0 Å². The van der Waals surface area contributed by atoms with Crippen molar-refractivity contribution in [2.45, 2.75) is 13.3 Å². The first-order valence-electron chi connectivity index (χ1n) is 6.03. The molecule has 0 bridgehead atoms. The Balaban J connectivity index is 2.31. The van der Waals surface area contributed by atoms with E-state index in [9.17, 15) is 4.79 Å². The molecule has 1 aromatic heterocycles. The molecule has 0 spiro atoms. The quantitative estimate of drug-likeness (QED) is 0.906. The van der Waals surface area contributed by atoms with Crippen LogP contribution in [-0.4, -0.2) is 10.9 Å². The van der Waals surface area contributed by atoms with Crippen molar-refractivity contribution in [1.82, 2.24) is 4.98 Å². The molecular formula is C14H13Cl2N3O. The molecule has 0 fully saturated rings. The molecule has 0 saturated carbocycles. The summed E-state index contributed by atoms with van der Waals surface area (Å²) in [6.45, 7) is 1.94. The summed E-state index contributed by atoms with van der Waals surface area (Å²) >= 11 is 12.0. The van der Waals surface area contributed by atoms with Gasteiger partial charge in [-0.3, -0.25) is 4.79 Å². The maximum absolute atomic E-state index is 12.2.